The molecule has 0 unspecified atom stereocenters. The molecule has 3 aliphatic rings. The molecule has 0 saturated heterocycles. The molecule has 2 aromatic carbocycles. The molecule has 310 valence electrons. The third-order valence-corrected chi connectivity index (χ3v) is 11.5. The Morgan fingerprint density at radius 3 is 2.39 bits per heavy atom. The highest BCUT2D eigenvalue weighted by atomic mass is 19.1. The number of nitrogens with zero attached hydrogens (tertiary/aromatic N) is 10. The molecule has 6 aromatic rings. The molecule has 0 radical (unpaired) electrons. The number of nitrogens with one attached hydrogen (secondary N) is 2. The second-order valence-corrected chi connectivity index (χ2v) is 15.5. The van der Waals surface area contributed by atoms with Gasteiger partial charge >= 0.3 is 11.8 Å². The van der Waals surface area contributed by atoms with Crippen LogP contribution in [0.15, 0.2) is 77.7 Å². The van der Waals surface area contributed by atoms with Crippen molar-refractivity contribution in [3.63, 3.8) is 0 Å². The Kier molecular flexibility index (Phi) is 9.87. The first-order valence-electron chi connectivity index (χ1n) is 19.6. The molecule has 0 bridgehead atoms. The van der Waals surface area contributed by atoms with Crippen LogP contribution in [0, 0.1) is 11.6 Å². The highest BCUT2D eigenvalue weighted by Crippen LogP contribution is 2.52. The lowest BCUT2D eigenvalue weighted by Gasteiger charge is -2.20. The standard InChI is InChI=1S/C42H38F2N12O5/c1-22-17-30(40(60)55(3)35-32(22)45-15-16-46-35)50-36(57)33-27(44)21-56(53-33)20-24-10-9-23(18-26(24)43)31-19-47-34-28(48-31)11-12-29(39(59)54(34)2)49-37(58)38-51-52-41(61-38)42(13-14-42)25-7-5-4-6-8-25/h4-10,15-16,18-19,21-22,29-30H,11-14,17,20H2,1-3H3,(H,49,58)(H,50,57)/t22-,29-,30+/m0/s1. The van der Waals surface area contributed by atoms with Gasteiger partial charge in [-0.3, -0.25) is 38.6 Å². The summed E-state index contributed by atoms with van der Waals surface area (Å²) in [5.41, 5.74) is 2.02. The maximum atomic E-state index is 15.6. The zero-order valence-electron chi connectivity index (χ0n) is 33.2. The first kappa shape index (κ1) is 39.2. The second kappa shape index (κ2) is 15.4. The van der Waals surface area contributed by atoms with E-state index in [4.69, 9.17) is 9.40 Å². The van der Waals surface area contributed by atoms with Gasteiger partial charge in [0.25, 0.3) is 17.7 Å². The molecule has 3 atom stereocenters. The Labute approximate surface area is 346 Å². The number of aromatic nitrogens is 8. The van der Waals surface area contributed by atoms with Gasteiger partial charge in [0.15, 0.2) is 23.1 Å². The minimum absolute atomic E-state index is 0.151. The molecule has 6 heterocycles. The van der Waals surface area contributed by atoms with Crippen LogP contribution in [0.25, 0.3) is 11.3 Å². The number of likely N-dealkylation sites (N-methyl/N-ethyl adjacent to an activating group) is 2. The van der Waals surface area contributed by atoms with Crippen molar-refractivity contribution in [1.29, 1.82) is 0 Å². The number of aryl methyl sites for hydroxylation is 1. The van der Waals surface area contributed by atoms with Gasteiger partial charge in [-0.2, -0.15) is 5.10 Å². The summed E-state index contributed by atoms with van der Waals surface area (Å²) in [4.78, 5) is 73.6. The Morgan fingerprint density at radius 1 is 0.885 bits per heavy atom. The lowest BCUT2D eigenvalue weighted by Crippen LogP contribution is -2.47. The molecule has 4 amide bonds. The zero-order chi connectivity index (χ0) is 42.6. The number of hydrogen-bond donors (Lipinski definition) is 2. The SMILES string of the molecule is C[C@H]1C[C@@H](NC(=O)c2nn(Cc3ccc(-c4cnc5c(n4)CC[C@H](NC(=O)c4nnc(C6(c7ccccc7)CC6)o4)C(=O)N5C)cc3F)cc2F)C(=O)N(C)c2nccnc21. The van der Waals surface area contributed by atoms with Crippen molar-refractivity contribution in [2.45, 2.75) is 69.0 Å². The van der Waals surface area contributed by atoms with Crippen LogP contribution in [-0.2, 0) is 28.0 Å². The Hall–Kier alpha value is -7.31. The largest absolute Gasteiger partial charge is 0.416 e. The maximum Gasteiger partial charge on any atom is 0.309 e. The van der Waals surface area contributed by atoms with Crippen molar-refractivity contribution in [2.24, 2.45) is 0 Å². The molecule has 1 saturated carbocycles. The van der Waals surface area contributed by atoms with Crippen LogP contribution < -0.4 is 20.4 Å². The average Bonchev–Trinajstić information content (AvgIpc) is 3.82. The van der Waals surface area contributed by atoms with Crippen molar-refractivity contribution < 1.29 is 32.4 Å². The third-order valence-electron chi connectivity index (χ3n) is 11.5. The molecule has 1 fully saturated rings. The molecule has 9 rings (SSSR count). The third kappa shape index (κ3) is 7.25. The summed E-state index contributed by atoms with van der Waals surface area (Å²) in [6.07, 6.45) is 7.71. The molecule has 19 heteroatoms. The van der Waals surface area contributed by atoms with Crippen molar-refractivity contribution in [3.8, 4) is 11.3 Å². The van der Waals surface area contributed by atoms with Crippen LogP contribution >= 0.6 is 0 Å². The molecular weight excluding hydrogens is 791 g/mol. The molecular formula is C42H38F2N12O5. The predicted molar refractivity (Wildman–Crippen MR) is 212 cm³/mol. The number of carbonyl (C=O) groups is 4. The van der Waals surface area contributed by atoms with Crippen LogP contribution in [0.1, 0.15) is 88.1 Å². The summed E-state index contributed by atoms with van der Waals surface area (Å²) >= 11 is 0. The summed E-state index contributed by atoms with van der Waals surface area (Å²) in [7, 11) is 3.07. The summed E-state index contributed by atoms with van der Waals surface area (Å²) in [5, 5.41) is 17.6. The molecule has 4 aromatic heterocycles. The average molecular weight is 829 g/mol. The molecule has 61 heavy (non-hydrogen) atoms. The van der Waals surface area contributed by atoms with Crippen molar-refractivity contribution in [2.75, 3.05) is 23.9 Å². The van der Waals surface area contributed by atoms with E-state index in [-0.39, 0.29) is 43.2 Å². The highest BCUT2D eigenvalue weighted by molar-refractivity contribution is 6.02. The summed E-state index contributed by atoms with van der Waals surface area (Å²) in [6.45, 7) is 1.65. The van der Waals surface area contributed by atoms with Gasteiger partial charge in [0.1, 0.15) is 17.9 Å². The lowest BCUT2D eigenvalue weighted by atomic mass is 9.96. The lowest BCUT2D eigenvalue weighted by molar-refractivity contribution is -0.120. The smallest absolute Gasteiger partial charge is 0.309 e. The Bertz CT molecular complexity index is 2720. The van der Waals surface area contributed by atoms with Crippen molar-refractivity contribution >= 4 is 35.3 Å². The Morgan fingerprint density at radius 2 is 1.62 bits per heavy atom. The molecule has 2 aliphatic heterocycles. The fourth-order valence-electron chi connectivity index (χ4n) is 7.96. The first-order valence-corrected chi connectivity index (χ1v) is 19.6. The zero-order valence-corrected chi connectivity index (χ0v) is 33.2. The fraction of sp³-hybridized carbons (Fsp3) is 0.310. The van der Waals surface area contributed by atoms with Gasteiger partial charge in [-0.05, 0) is 43.7 Å². The van der Waals surface area contributed by atoms with E-state index in [9.17, 15) is 19.2 Å². The molecule has 1 aliphatic carbocycles. The van der Waals surface area contributed by atoms with Crippen LogP contribution in [0.5, 0.6) is 0 Å². The van der Waals surface area contributed by atoms with E-state index in [0.717, 1.165) is 29.3 Å². The van der Waals surface area contributed by atoms with E-state index >= 15 is 8.78 Å². The fourth-order valence-corrected chi connectivity index (χ4v) is 7.96. The van der Waals surface area contributed by atoms with E-state index in [1.165, 1.54) is 54.6 Å². The molecule has 17 nitrogen and oxygen atoms in total. The number of fused-ring (bicyclic) bond motifs is 2. The number of amides is 4. The van der Waals surface area contributed by atoms with Gasteiger partial charge in [-0.1, -0.05) is 49.4 Å². The minimum atomic E-state index is -0.991. The van der Waals surface area contributed by atoms with Gasteiger partial charge in [0, 0.05) is 43.5 Å². The molecule has 2 N–H and O–H groups in total. The van der Waals surface area contributed by atoms with E-state index < -0.39 is 58.5 Å². The number of hydrogen-bond acceptors (Lipinski definition) is 12. The van der Waals surface area contributed by atoms with Crippen LogP contribution in [0.2, 0.25) is 0 Å². The van der Waals surface area contributed by atoms with Gasteiger partial charge < -0.3 is 15.1 Å². The van der Waals surface area contributed by atoms with Crippen molar-refractivity contribution in [3.05, 3.63) is 125 Å². The van der Waals surface area contributed by atoms with Crippen LogP contribution in [-0.4, -0.2) is 89.7 Å². The quantitative estimate of drug-likeness (QED) is 0.213. The summed E-state index contributed by atoms with van der Waals surface area (Å²) in [6, 6.07) is 12.2. The number of benzene rings is 2. The van der Waals surface area contributed by atoms with Gasteiger partial charge in [-0.25, -0.2) is 23.7 Å². The maximum absolute atomic E-state index is 15.6. The summed E-state index contributed by atoms with van der Waals surface area (Å²) in [5.74, 6) is -3.44. The normalized spacial score (nSPS) is 19.4. The van der Waals surface area contributed by atoms with E-state index in [0.29, 0.717) is 40.2 Å². The monoisotopic (exact) mass is 828 g/mol. The van der Waals surface area contributed by atoms with E-state index in [1.54, 1.807) is 6.07 Å². The van der Waals surface area contributed by atoms with Crippen LogP contribution in [0.4, 0.5) is 20.4 Å². The number of carbonyl (C=O) groups excluding carboxylic acids is 4. The first-order chi connectivity index (χ1) is 29.4. The number of rotatable bonds is 9. The van der Waals surface area contributed by atoms with Crippen LogP contribution in [0.3, 0.4) is 0 Å². The van der Waals surface area contributed by atoms with E-state index in [2.05, 4.69) is 40.9 Å². The van der Waals surface area contributed by atoms with Gasteiger partial charge in [0.05, 0.1) is 41.4 Å². The Balaban J connectivity index is 0.848. The second-order valence-electron chi connectivity index (χ2n) is 15.5. The van der Waals surface area contributed by atoms with Crippen molar-refractivity contribution in [1.82, 2.24) is 50.5 Å². The topological polar surface area (TPSA) is 207 Å². The van der Waals surface area contributed by atoms with E-state index in [1.807, 2.05) is 37.3 Å². The minimum Gasteiger partial charge on any atom is -0.416 e. The number of halogens is 2. The van der Waals surface area contributed by atoms with Gasteiger partial charge in [0.2, 0.25) is 5.89 Å². The summed E-state index contributed by atoms with van der Waals surface area (Å²) < 4.78 is 37.7. The van der Waals surface area contributed by atoms with Gasteiger partial charge in [-0.15, -0.1) is 10.2 Å². The molecule has 0 spiro atoms. The highest BCUT2D eigenvalue weighted by Gasteiger charge is 2.51. The predicted octanol–water partition coefficient (Wildman–Crippen LogP) is 3.90. The number of anilines is 2.